The van der Waals surface area contributed by atoms with Crippen molar-refractivity contribution in [2.24, 2.45) is 0 Å². The average Bonchev–Trinajstić information content (AvgIpc) is 3.04. The molecule has 30 heavy (non-hydrogen) atoms. The summed E-state index contributed by atoms with van der Waals surface area (Å²) in [6, 6.07) is 14.2. The number of imidazole rings is 1. The van der Waals surface area contributed by atoms with Crippen LogP contribution in [0.3, 0.4) is 0 Å². The molecule has 0 aliphatic rings. The molecule has 8 nitrogen and oxygen atoms in total. The fourth-order valence-corrected chi connectivity index (χ4v) is 4.11. The summed E-state index contributed by atoms with van der Waals surface area (Å²) in [5.74, 6) is -0.166. The molecule has 3 heterocycles. The van der Waals surface area contributed by atoms with Crippen LogP contribution in [0.1, 0.15) is 16.2 Å². The summed E-state index contributed by atoms with van der Waals surface area (Å²) in [6.45, 7) is 1.73. The Hall–Kier alpha value is -3.43. The van der Waals surface area contributed by atoms with Crippen LogP contribution in [-0.2, 0) is 10.0 Å². The molecule has 3 aromatic heterocycles. The van der Waals surface area contributed by atoms with E-state index >= 15 is 0 Å². The third-order valence-electron chi connectivity index (χ3n) is 4.30. The second kappa shape index (κ2) is 7.77. The van der Waals surface area contributed by atoms with Crippen molar-refractivity contribution in [1.82, 2.24) is 14.4 Å². The van der Waals surface area contributed by atoms with Crippen LogP contribution < -0.4 is 10.0 Å². The third-order valence-corrected chi connectivity index (χ3v) is 5.89. The minimum Gasteiger partial charge on any atom is -0.321 e. The number of hydrogen-bond donors (Lipinski definition) is 2. The topological polar surface area (TPSA) is 105 Å². The molecule has 1 amide bonds. The van der Waals surface area contributed by atoms with Gasteiger partial charge in [-0.15, -0.1) is 0 Å². The van der Waals surface area contributed by atoms with Gasteiger partial charge in [-0.25, -0.2) is 18.4 Å². The Morgan fingerprint density at radius 2 is 1.83 bits per heavy atom. The van der Waals surface area contributed by atoms with Crippen molar-refractivity contribution in [2.45, 2.75) is 11.8 Å². The van der Waals surface area contributed by atoms with E-state index in [1.807, 2.05) is 0 Å². The van der Waals surface area contributed by atoms with Gasteiger partial charge in [0.25, 0.3) is 15.9 Å². The van der Waals surface area contributed by atoms with Gasteiger partial charge in [-0.1, -0.05) is 17.7 Å². The summed E-state index contributed by atoms with van der Waals surface area (Å²) in [5.41, 5.74) is 1.94. The molecule has 0 radical (unpaired) electrons. The highest BCUT2D eigenvalue weighted by Gasteiger charge is 2.18. The van der Waals surface area contributed by atoms with Crippen molar-refractivity contribution in [3.05, 3.63) is 83.4 Å². The summed E-state index contributed by atoms with van der Waals surface area (Å²) in [5, 5.41) is 3.23. The standard InChI is InChI=1S/C20H16ClN5O3S/c1-13-19(26-12-14(21)5-10-18(26)23-13)20(27)24-15-6-8-16(9-7-15)30(28,29)25-17-4-2-3-11-22-17/h2-12H,1H3,(H,22,25)(H,24,27). The minimum absolute atomic E-state index is 0.0453. The lowest BCUT2D eigenvalue weighted by atomic mass is 10.3. The first-order chi connectivity index (χ1) is 14.3. The largest absolute Gasteiger partial charge is 0.321 e. The molecule has 2 N–H and O–H groups in total. The van der Waals surface area contributed by atoms with Crippen LogP contribution in [0.15, 0.2) is 71.9 Å². The minimum atomic E-state index is -3.80. The summed E-state index contributed by atoms with van der Waals surface area (Å²) in [4.78, 5) is 21.1. The number of rotatable bonds is 5. The Bertz CT molecular complexity index is 1340. The van der Waals surface area contributed by atoms with Gasteiger partial charge in [-0.05, 0) is 55.5 Å². The van der Waals surface area contributed by atoms with E-state index in [4.69, 9.17) is 11.6 Å². The molecule has 10 heteroatoms. The Morgan fingerprint density at radius 3 is 2.53 bits per heavy atom. The molecular weight excluding hydrogens is 426 g/mol. The van der Waals surface area contributed by atoms with Crippen LogP contribution >= 0.6 is 11.6 Å². The van der Waals surface area contributed by atoms with E-state index in [1.165, 1.54) is 30.5 Å². The number of nitrogens with zero attached hydrogens (tertiary/aromatic N) is 3. The van der Waals surface area contributed by atoms with Crippen molar-refractivity contribution in [3.63, 3.8) is 0 Å². The van der Waals surface area contributed by atoms with Gasteiger partial charge in [0.2, 0.25) is 0 Å². The highest BCUT2D eigenvalue weighted by Crippen LogP contribution is 2.20. The molecule has 0 aliphatic carbocycles. The number of fused-ring (bicyclic) bond motifs is 1. The summed E-state index contributed by atoms with van der Waals surface area (Å²) in [7, 11) is -3.80. The van der Waals surface area contributed by atoms with Gasteiger partial charge in [-0.3, -0.25) is 13.9 Å². The average molecular weight is 442 g/mol. The van der Waals surface area contributed by atoms with Crippen molar-refractivity contribution < 1.29 is 13.2 Å². The van der Waals surface area contributed by atoms with Crippen molar-refractivity contribution in [1.29, 1.82) is 0 Å². The van der Waals surface area contributed by atoms with E-state index in [9.17, 15) is 13.2 Å². The predicted octanol–water partition coefficient (Wildman–Crippen LogP) is 3.74. The molecule has 0 aliphatic heterocycles. The van der Waals surface area contributed by atoms with Crippen molar-refractivity contribution in [2.75, 3.05) is 10.0 Å². The fraction of sp³-hybridized carbons (Fsp3) is 0.0500. The van der Waals surface area contributed by atoms with Crippen molar-refractivity contribution in [3.8, 4) is 0 Å². The van der Waals surface area contributed by atoms with Gasteiger partial charge in [0, 0.05) is 18.1 Å². The first-order valence-electron chi connectivity index (χ1n) is 8.83. The zero-order chi connectivity index (χ0) is 21.3. The number of pyridine rings is 2. The molecule has 0 spiro atoms. The number of halogens is 1. The molecule has 0 fully saturated rings. The monoisotopic (exact) mass is 441 g/mol. The van der Waals surface area contributed by atoms with Crippen molar-refractivity contribution >= 4 is 44.7 Å². The van der Waals surface area contributed by atoms with E-state index in [0.717, 1.165) is 0 Å². The quantitative estimate of drug-likeness (QED) is 0.490. The van der Waals surface area contributed by atoms with Crippen LogP contribution in [0.25, 0.3) is 5.65 Å². The second-order valence-electron chi connectivity index (χ2n) is 6.42. The van der Waals surface area contributed by atoms with E-state index in [0.29, 0.717) is 27.7 Å². The molecule has 4 aromatic rings. The van der Waals surface area contributed by atoms with Gasteiger partial charge in [0.15, 0.2) is 0 Å². The van der Waals surface area contributed by atoms with Crippen LogP contribution in [0.4, 0.5) is 11.5 Å². The number of nitrogens with one attached hydrogen (secondary N) is 2. The normalized spacial score (nSPS) is 11.4. The van der Waals surface area contributed by atoms with Gasteiger partial charge >= 0.3 is 0 Å². The third kappa shape index (κ3) is 3.98. The predicted molar refractivity (Wildman–Crippen MR) is 114 cm³/mol. The summed E-state index contributed by atoms with van der Waals surface area (Å²) in [6.07, 6.45) is 3.11. The Kier molecular flexibility index (Phi) is 5.15. The lowest BCUT2D eigenvalue weighted by Crippen LogP contribution is -2.16. The number of benzene rings is 1. The lowest BCUT2D eigenvalue weighted by molar-refractivity contribution is 0.102. The summed E-state index contributed by atoms with van der Waals surface area (Å²) < 4.78 is 29.0. The van der Waals surface area contributed by atoms with E-state index in [-0.39, 0.29) is 16.6 Å². The van der Waals surface area contributed by atoms with E-state index < -0.39 is 10.0 Å². The Labute approximate surface area is 177 Å². The van der Waals surface area contributed by atoms with Crippen LogP contribution in [0, 0.1) is 6.92 Å². The Balaban J connectivity index is 1.55. The molecular formula is C20H16ClN5O3S. The maximum Gasteiger partial charge on any atom is 0.274 e. The van der Waals surface area contributed by atoms with E-state index in [1.54, 1.807) is 47.9 Å². The number of aromatic nitrogens is 3. The summed E-state index contributed by atoms with van der Waals surface area (Å²) >= 11 is 6.04. The molecule has 0 saturated carbocycles. The van der Waals surface area contributed by atoms with Crippen LogP contribution in [-0.4, -0.2) is 28.7 Å². The van der Waals surface area contributed by atoms with Gasteiger partial charge in [0.05, 0.1) is 15.6 Å². The molecule has 4 rings (SSSR count). The molecule has 0 bridgehead atoms. The highest BCUT2D eigenvalue weighted by molar-refractivity contribution is 7.92. The first kappa shape index (κ1) is 19.9. The number of amides is 1. The second-order valence-corrected chi connectivity index (χ2v) is 8.54. The van der Waals surface area contributed by atoms with Crippen LogP contribution in [0.5, 0.6) is 0 Å². The smallest absolute Gasteiger partial charge is 0.274 e. The molecule has 0 saturated heterocycles. The Morgan fingerprint density at radius 1 is 1.07 bits per heavy atom. The zero-order valence-electron chi connectivity index (χ0n) is 15.7. The molecule has 0 atom stereocenters. The molecule has 152 valence electrons. The number of carbonyl (C=O) groups is 1. The molecule has 1 aromatic carbocycles. The highest BCUT2D eigenvalue weighted by atomic mass is 35.5. The number of aryl methyl sites for hydroxylation is 1. The fourth-order valence-electron chi connectivity index (χ4n) is 2.94. The number of carbonyl (C=O) groups excluding carboxylic acids is 1. The lowest BCUT2D eigenvalue weighted by Gasteiger charge is -2.09. The van der Waals surface area contributed by atoms with Gasteiger partial charge in [-0.2, -0.15) is 0 Å². The SMILES string of the molecule is Cc1nc2ccc(Cl)cn2c1C(=O)Nc1ccc(S(=O)(=O)Nc2ccccn2)cc1. The first-order valence-corrected chi connectivity index (χ1v) is 10.7. The number of sulfonamides is 1. The zero-order valence-corrected chi connectivity index (χ0v) is 17.3. The number of anilines is 2. The van der Waals surface area contributed by atoms with Gasteiger partial charge in [0.1, 0.15) is 17.2 Å². The maximum absolute atomic E-state index is 12.8. The molecule has 0 unspecified atom stereocenters. The van der Waals surface area contributed by atoms with Crippen LogP contribution in [0.2, 0.25) is 5.02 Å². The number of hydrogen-bond acceptors (Lipinski definition) is 5. The van der Waals surface area contributed by atoms with Gasteiger partial charge < -0.3 is 5.32 Å². The maximum atomic E-state index is 12.8. The van der Waals surface area contributed by atoms with E-state index in [2.05, 4.69) is 20.0 Å².